The second-order valence-electron chi connectivity index (χ2n) is 7.38. The van der Waals surface area contributed by atoms with E-state index in [2.05, 4.69) is 56.8 Å². The van der Waals surface area contributed by atoms with Gasteiger partial charge >= 0.3 is 5.96 Å². The summed E-state index contributed by atoms with van der Waals surface area (Å²) in [6, 6.07) is 1.13. The van der Waals surface area contributed by atoms with Gasteiger partial charge in [-0.15, -0.1) is 0 Å². The average molecular weight is 351 g/mol. The Labute approximate surface area is 122 Å². The van der Waals surface area contributed by atoms with Crippen molar-refractivity contribution in [3.63, 3.8) is 0 Å². The van der Waals surface area contributed by atoms with Crippen LogP contribution in [0.5, 0.6) is 0 Å². The first kappa shape index (κ1) is 15.1. The van der Waals surface area contributed by atoms with Crippen molar-refractivity contribution in [2.24, 2.45) is 10.8 Å². The molecule has 0 fully saturated rings. The maximum atomic E-state index is 3.63. The molecule has 2 aliphatic rings. The highest BCUT2D eigenvalue weighted by Crippen LogP contribution is 2.26. The van der Waals surface area contributed by atoms with Crippen LogP contribution in [0.15, 0.2) is 0 Å². The Morgan fingerprint density at radius 3 is 1.47 bits per heavy atom. The van der Waals surface area contributed by atoms with Gasteiger partial charge in [0, 0.05) is 0 Å². The van der Waals surface area contributed by atoms with Gasteiger partial charge in [-0.2, -0.15) is 0 Å². The molecule has 0 amide bonds. The fraction of sp³-hybridized carbons (Fsp3) is 0.923. The first-order valence-electron chi connectivity index (χ1n) is 6.33. The predicted molar refractivity (Wildman–Crippen MR) is 67.8 cm³/mol. The maximum absolute atomic E-state index is 3.63. The molecule has 0 aromatic heterocycles. The fourth-order valence-corrected chi connectivity index (χ4v) is 2.32. The molecule has 2 rings (SSSR count). The predicted octanol–water partition coefficient (Wildman–Crippen LogP) is -1.61. The van der Waals surface area contributed by atoms with Crippen LogP contribution in [0.25, 0.3) is 0 Å². The molecule has 0 saturated heterocycles. The quantitative estimate of drug-likeness (QED) is 0.406. The van der Waals surface area contributed by atoms with E-state index < -0.39 is 0 Å². The largest absolute Gasteiger partial charge is 1.00 e. The SMILES string of the molecule is CC(C)(C)C1C[N+]2=C(N1)NC(C(C)(C)C)C2.[I-]. The zero-order chi connectivity index (χ0) is 12.1. The van der Waals surface area contributed by atoms with Crippen molar-refractivity contribution < 1.29 is 28.6 Å². The lowest BCUT2D eigenvalue weighted by Crippen LogP contribution is -3.00. The molecule has 2 atom stereocenters. The Balaban J connectivity index is 0.00000144. The molecular formula is C13H26IN3. The number of guanidine groups is 1. The van der Waals surface area contributed by atoms with Crippen LogP contribution < -0.4 is 34.6 Å². The molecule has 0 aliphatic carbocycles. The van der Waals surface area contributed by atoms with Gasteiger partial charge < -0.3 is 24.0 Å². The normalized spacial score (nSPS) is 28.4. The summed E-state index contributed by atoms with van der Waals surface area (Å²) < 4.78 is 2.46. The van der Waals surface area contributed by atoms with E-state index in [1.165, 1.54) is 5.96 Å². The van der Waals surface area contributed by atoms with E-state index in [4.69, 9.17) is 0 Å². The Kier molecular flexibility index (Phi) is 4.07. The number of hydrogen-bond donors (Lipinski definition) is 2. The molecule has 0 saturated carbocycles. The highest BCUT2D eigenvalue weighted by Gasteiger charge is 2.45. The number of nitrogens with zero attached hydrogens (tertiary/aromatic N) is 1. The summed E-state index contributed by atoms with van der Waals surface area (Å²) in [4.78, 5) is 0. The lowest BCUT2D eigenvalue weighted by molar-refractivity contribution is -0.518. The molecular weight excluding hydrogens is 325 g/mol. The third kappa shape index (κ3) is 3.06. The minimum atomic E-state index is 0. The van der Waals surface area contributed by atoms with E-state index in [1.54, 1.807) is 0 Å². The van der Waals surface area contributed by atoms with Gasteiger partial charge in [0.15, 0.2) is 0 Å². The number of hydrogen-bond acceptors (Lipinski definition) is 2. The van der Waals surface area contributed by atoms with E-state index in [9.17, 15) is 0 Å². The van der Waals surface area contributed by atoms with E-state index in [1.807, 2.05) is 0 Å². The van der Waals surface area contributed by atoms with Crippen LogP contribution in [0.1, 0.15) is 41.5 Å². The van der Waals surface area contributed by atoms with Gasteiger partial charge in [-0.1, -0.05) is 41.5 Å². The average Bonchev–Trinajstić information content (AvgIpc) is 2.53. The topological polar surface area (TPSA) is 27.1 Å². The summed E-state index contributed by atoms with van der Waals surface area (Å²) in [5.41, 5.74) is 0.659. The molecule has 0 aromatic rings. The first-order chi connectivity index (χ1) is 7.18. The summed E-state index contributed by atoms with van der Waals surface area (Å²) in [6.45, 7) is 16.1. The summed E-state index contributed by atoms with van der Waals surface area (Å²) in [5.74, 6) is 1.25. The van der Waals surface area contributed by atoms with Crippen molar-refractivity contribution in [2.45, 2.75) is 53.6 Å². The van der Waals surface area contributed by atoms with Crippen molar-refractivity contribution in [1.29, 1.82) is 0 Å². The Morgan fingerprint density at radius 1 is 0.882 bits per heavy atom. The second-order valence-corrected chi connectivity index (χ2v) is 7.38. The molecule has 0 bridgehead atoms. The second kappa shape index (κ2) is 4.59. The zero-order valence-corrected chi connectivity index (χ0v) is 14.1. The standard InChI is InChI=1S/C13H25N3.HI/c1-12(2,3)9-7-16-8-10(13(4,5)6)15-11(16)14-9;/h9-10H,7-8H2,1-6H3,(H,14,15);1H. The summed E-state index contributed by atoms with van der Waals surface area (Å²) in [6.07, 6.45) is 0. The van der Waals surface area contributed by atoms with Crippen LogP contribution in [0.3, 0.4) is 0 Å². The van der Waals surface area contributed by atoms with Gasteiger partial charge in [0.2, 0.25) is 0 Å². The van der Waals surface area contributed by atoms with E-state index >= 15 is 0 Å². The molecule has 2 aliphatic heterocycles. The lowest BCUT2D eigenvalue weighted by atomic mass is 9.85. The van der Waals surface area contributed by atoms with Crippen LogP contribution in [0.2, 0.25) is 0 Å². The van der Waals surface area contributed by atoms with Crippen LogP contribution in [-0.2, 0) is 0 Å². The van der Waals surface area contributed by atoms with Crippen LogP contribution in [-0.4, -0.2) is 35.7 Å². The molecule has 0 aromatic carbocycles. The molecule has 100 valence electrons. The highest BCUT2D eigenvalue weighted by atomic mass is 127. The van der Waals surface area contributed by atoms with Crippen molar-refractivity contribution >= 4 is 5.96 Å². The molecule has 2 N–H and O–H groups in total. The Hall–Kier alpha value is 0. The fourth-order valence-electron chi connectivity index (χ4n) is 2.32. The van der Waals surface area contributed by atoms with E-state index in [-0.39, 0.29) is 24.0 Å². The third-order valence-corrected chi connectivity index (χ3v) is 3.83. The molecule has 2 heterocycles. The van der Waals surface area contributed by atoms with Gasteiger partial charge in [0.05, 0.1) is 0 Å². The Bertz CT molecular complexity index is 275. The molecule has 4 heteroatoms. The summed E-state index contributed by atoms with van der Waals surface area (Å²) >= 11 is 0. The van der Waals surface area contributed by atoms with Gasteiger partial charge in [0.1, 0.15) is 25.2 Å². The lowest BCUT2D eigenvalue weighted by Gasteiger charge is -2.28. The summed E-state index contributed by atoms with van der Waals surface area (Å²) in [7, 11) is 0. The van der Waals surface area contributed by atoms with Crippen molar-refractivity contribution in [2.75, 3.05) is 13.1 Å². The van der Waals surface area contributed by atoms with Crippen LogP contribution in [0, 0.1) is 10.8 Å². The third-order valence-electron chi connectivity index (χ3n) is 3.83. The zero-order valence-electron chi connectivity index (χ0n) is 11.9. The van der Waals surface area contributed by atoms with Crippen molar-refractivity contribution in [3.05, 3.63) is 0 Å². The molecule has 0 radical (unpaired) electrons. The van der Waals surface area contributed by atoms with Gasteiger partial charge in [0.25, 0.3) is 0 Å². The summed E-state index contributed by atoms with van der Waals surface area (Å²) in [5, 5.41) is 7.25. The molecule has 17 heavy (non-hydrogen) atoms. The van der Waals surface area contributed by atoms with E-state index in [0.717, 1.165) is 13.1 Å². The Morgan fingerprint density at radius 2 is 1.24 bits per heavy atom. The van der Waals surface area contributed by atoms with Crippen LogP contribution in [0.4, 0.5) is 0 Å². The molecule has 0 spiro atoms. The monoisotopic (exact) mass is 351 g/mol. The first-order valence-corrected chi connectivity index (χ1v) is 6.33. The highest BCUT2D eigenvalue weighted by molar-refractivity contribution is 5.78. The van der Waals surface area contributed by atoms with Gasteiger partial charge in [-0.05, 0) is 10.8 Å². The number of nitrogens with one attached hydrogen (secondary N) is 2. The minimum Gasteiger partial charge on any atom is -1.00 e. The maximum Gasteiger partial charge on any atom is 0.346 e. The van der Waals surface area contributed by atoms with Gasteiger partial charge in [-0.3, -0.25) is 15.2 Å². The minimum absolute atomic E-state index is 0. The van der Waals surface area contributed by atoms with Crippen molar-refractivity contribution in [3.8, 4) is 0 Å². The number of halogens is 1. The smallest absolute Gasteiger partial charge is 0.346 e. The van der Waals surface area contributed by atoms with Gasteiger partial charge in [-0.25, -0.2) is 0 Å². The van der Waals surface area contributed by atoms with Crippen molar-refractivity contribution in [1.82, 2.24) is 10.6 Å². The molecule has 2 unspecified atom stereocenters. The van der Waals surface area contributed by atoms with E-state index in [0.29, 0.717) is 22.9 Å². The van der Waals surface area contributed by atoms with Crippen LogP contribution >= 0.6 is 0 Å². The molecule has 3 nitrogen and oxygen atoms in total. The number of rotatable bonds is 0.